The number of benzene rings is 2. The third-order valence-electron chi connectivity index (χ3n) is 4.10. The molecule has 0 saturated carbocycles. The molecule has 3 rings (SSSR count). The molecule has 0 saturated heterocycles. The van der Waals surface area contributed by atoms with E-state index in [1.54, 1.807) is 24.3 Å². The van der Waals surface area contributed by atoms with Gasteiger partial charge in [-0.15, -0.1) is 11.3 Å². The lowest BCUT2D eigenvalue weighted by Crippen LogP contribution is -2.33. The van der Waals surface area contributed by atoms with Crippen molar-refractivity contribution in [1.82, 2.24) is 10.0 Å². The first kappa shape index (κ1) is 22.0. The third kappa shape index (κ3) is 6.38. The Morgan fingerprint density at radius 1 is 1.07 bits per heavy atom. The summed E-state index contributed by atoms with van der Waals surface area (Å²) in [7, 11) is -3.78. The van der Waals surface area contributed by atoms with Crippen molar-refractivity contribution < 1.29 is 13.2 Å². The average molecular weight is 514 g/mol. The van der Waals surface area contributed by atoms with E-state index in [9.17, 15) is 13.2 Å². The fraction of sp³-hybridized carbons (Fsp3) is 0.150. The van der Waals surface area contributed by atoms with E-state index in [0.29, 0.717) is 11.6 Å². The first-order chi connectivity index (χ1) is 13.8. The van der Waals surface area contributed by atoms with E-state index in [2.05, 4.69) is 26.0 Å². The van der Waals surface area contributed by atoms with Crippen LogP contribution in [0.15, 0.2) is 75.4 Å². The summed E-state index contributed by atoms with van der Waals surface area (Å²) >= 11 is 10.6. The van der Waals surface area contributed by atoms with Gasteiger partial charge in [0.25, 0.3) is 0 Å². The summed E-state index contributed by atoms with van der Waals surface area (Å²) in [6.45, 7) is 0.340. The molecule has 0 aliphatic rings. The second-order valence-electron chi connectivity index (χ2n) is 6.25. The van der Waals surface area contributed by atoms with Crippen molar-refractivity contribution in [2.75, 3.05) is 0 Å². The van der Waals surface area contributed by atoms with Gasteiger partial charge in [-0.2, -0.15) is 0 Å². The van der Waals surface area contributed by atoms with E-state index < -0.39 is 16.1 Å². The lowest BCUT2D eigenvalue weighted by Gasteiger charge is -2.18. The van der Waals surface area contributed by atoms with Crippen LogP contribution in [-0.4, -0.2) is 14.3 Å². The number of rotatable bonds is 8. The molecule has 3 aromatic rings. The molecule has 5 nitrogen and oxygen atoms in total. The summed E-state index contributed by atoms with van der Waals surface area (Å²) in [5.74, 6) is -0.253. The molecule has 1 amide bonds. The highest BCUT2D eigenvalue weighted by molar-refractivity contribution is 9.10. The monoisotopic (exact) mass is 512 g/mol. The number of thiophene rings is 1. The number of halogens is 2. The van der Waals surface area contributed by atoms with Crippen LogP contribution < -0.4 is 10.0 Å². The molecule has 1 aromatic heterocycles. The van der Waals surface area contributed by atoms with E-state index >= 15 is 0 Å². The molecule has 0 fully saturated rings. The highest BCUT2D eigenvalue weighted by atomic mass is 79.9. The highest BCUT2D eigenvalue weighted by Gasteiger charge is 2.24. The Morgan fingerprint density at radius 3 is 2.38 bits per heavy atom. The summed E-state index contributed by atoms with van der Waals surface area (Å²) in [6, 6.07) is 16.5. The summed E-state index contributed by atoms with van der Waals surface area (Å²) in [5.41, 5.74) is 0.908. The first-order valence-electron chi connectivity index (χ1n) is 8.66. The van der Waals surface area contributed by atoms with Gasteiger partial charge in [0.05, 0.1) is 10.9 Å². The number of hydrogen-bond acceptors (Lipinski definition) is 4. The van der Waals surface area contributed by atoms with Crippen LogP contribution in [0.3, 0.4) is 0 Å². The molecule has 0 spiro atoms. The van der Waals surface area contributed by atoms with Crippen molar-refractivity contribution in [1.29, 1.82) is 0 Å². The quantitative estimate of drug-likeness (QED) is 0.450. The Kier molecular flexibility index (Phi) is 7.48. The van der Waals surface area contributed by atoms with Crippen molar-refractivity contribution in [3.63, 3.8) is 0 Å². The normalized spacial score (nSPS) is 12.5. The van der Waals surface area contributed by atoms with Crippen LogP contribution in [0.5, 0.6) is 0 Å². The molecule has 9 heteroatoms. The third-order valence-corrected chi connectivity index (χ3v) is 7.35. The molecule has 29 heavy (non-hydrogen) atoms. The van der Waals surface area contributed by atoms with Crippen LogP contribution >= 0.6 is 38.9 Å². The molecule has 2 N–H and O–H groups in total. The van der Waals surface area contributed by atoms with Crippen LogP contribution in [0.2, 0.25) is 5.02 Å². The van der Waals surface area contributed by atoms with Crippen LogP contribution in [-0.2, 0) is 21.4 Å². The maximum Gasteiger partial charge on any atom is 0.241 e. The minimum Gasteiger partial charge on any atom is -0.352 e. The van der Waals surface area contributed by atoms with Gasteiger partial charge in [-0.25, -0.2) is 13.1 Å². The van der Waals surface area contributed by atoms with Gasteiger partial charge >= 0.3 is 0 Å². The molecule has 0 bridgehead atoms. The largest absolute Gasteiger partial charge is 0.352 e. The minimum absolute atomic E-state index is 0.0101. The second-order valence-corrected chi connectivity index (χ2v) is 10.3. The SMILES string of the molecule is O=C(C[C@@H](NS(=O)(=O)c1ccc(Br)cc1)c1cccs1)NCc1ccc(Cl)cc1. The van der Waals surface area contributed by atoms with Gasteiger partial charge in [0.2, 0.25) is 15.9 Å². The summed E-state index contributed by atoms with van der Waals surface area (Å²) < 4.78 is 29.0. The smallest absolute Gasteiger partial charge is 0.241 e. The summed E-state index contributed by atoms with van der Waals surface area (Å²) in [5, 5.41) is 5.30. The Balaban J connectivity index is 1.69. The van der Waals surface area contributed by atoms with E-state index in [-0.39, 0.29) is 17.2 Å². The Labute approximate surface area is 187 Å². The number of carbonyl (C=O) groups is 1. The van der Waals surface area contributed by atoms with Gasteiger partial charge in [-0.3, -0.25) is 4.79 Å². The van der Waals surface area contributed by atoms with Crippen LogP contribution in [0.1, 0.15) is 22.9 Å². The topological polar surface area (TPSA) is 75.3 Å². The molecule has 152 valence electrons. The standard InChI is InChI=1S/C20H18BrClN2O3S2/c21-15-5-9-17(10-6-15)29(26,27)24-18(19-2-1-11-28-19)12-20(25)23-13-14-3-7-16(22)8-4-14/h1-11,18,24H,12-13H2,(H,23,25)/t18-/m1/s1. The van der Waals surface area contributed by atoms with Gasteiger partial charge in [0.15, 0.2) is 0 Å². The zero-order chi connectivity index (χ0) is 20.9. The summed E-state index contributed by atoms with van der Waals surface area (Å²) in [6.07, 6.45) is -0.0101. The van der Waals surface area contributed by atoms with Crippen LogP contribution in [0, 0.1) is 0 Å². The maximum atomic E-state index is 12.8. The fourth-order valence-corrected chi connectivity index (χ4v) is 5.08. The van der Waals surface area contributed by atoms with Crippen molar-refractivity contribution in [3.05, 3.63) is 86.0 Å². The Bertz CT molecular complexity index is 1050. The zero-order valence-electron chi connectivity index (χ0n) is 15.1. The summed E-state index contributed by atoms with van der Waals surface area (Å²) in [4.78, 5) is 13.4. The number of hydrogen-bond donors (Lipinski definition) is 2. The lowest BCUT2D eigenvalue weighted by atomic mass is 10.1. The lowest BCUT2D eigenvalue weighted by molar-refractivity contribution is -0.121. The van der Waals surface area contributed by atoms with E-state index in [4.69, 9.17) is 11.6 Å². The predicted molar refractivity (Wildman–Crippen MR) is 119 cm³/mol. The fourth-order valence-electron chi connectivity index (χ4n) is 2.62. The van der Waals surface area contributed by atoms with Gasteiger partial charge < -0.3 is 5.32 Å². The molecule has 1 atom stereocenters. The van der Waals surface area contributed by atoms with Gasteiger partial charge in [0, 0.05) is 27.3 Å². The highest BCUT2D eigenvalue weighted by Crippen LogP contribution is 2.25. The number of nitrogens with one attached hydrogen (secondary N) is 2. The predicted octanol–water partition coefficient (Wildman–Crippen LogP) is 4.89. The maximum absolute atomic E-state index is 12.8. The number of sulfonamides is 1. The Hall–Kier alpha value is -1.71. The molecule has 0 aliphatic heterocycles. The van der Waals surface area contributed by atoms with Gasteiger partial charge in [0.1, 0.15) is 0 Å². The van der Waals surface area contributed by atoms with Gasteiger partial charge in [-0.1, -0.05) is 45.7 Å². The molecule has 0 unspecified atom stereocenters. The van der Waals surface area contributed by atoms with Gasteiger partial charge in [-0.05, 0) is 53.4 Å². The van der Waals surface area contributed by atoms with Crippen molar-refractivity contribution in [3.8, 4) is 0 Å². The molecular formula is C20H18BrClN2O3S2. The van der Waals surface area contributed by atoms with Crippen molar-refractivity contribution in [2.45, 2.75) is 23.9 Å². The van der Waals surface area contributed by atoms with Crippen molar-refractivity contribution >= 4 is 54.8 Å². The zero-order valence-corrected chi connectivity index (χ0v) is 19.1. The molecule has 2 aromatic carbocycles. The first-order valence-corrected chi connectivity index (χ1v) is 12.2. The number of carbonyl (C=O) groups excluding carboxylic acids is 1. The molecule has 0 radical (unpaired) electrons. The van der Waals surface area contributed by atoms with E-state index in [0.717, 1.165) is 14.9 Å². The van der Waals surface area contributed by atoms with E-state index in [1.165, 1.54) is 23.5 Å². The van der Waals surface area contributed by atoms with E-state index in [1.807, 2.05) is 29.6 Å². The Morgan fingerprint density at radius 2 is 1.76 bits per heavy atom. The minimum atomic E-state index is -3.78. The number of amides is 1. The molecule has 1 heterocycles. The van der Waals surface area contributed by atoms with Crippen LogP contribution in [0.4, 0.5) is 0 Å². The van der Waals surface area contributed by atoms with Crippen LogP contribution in [0.25, 0.3) is 0 Å². The molecule has 0 aliphatic carbocycles. The second kappa shape index (κ2) is 9.86. The molecular weight excluding hydrogens is 496 g/mol. The average Bonchev–Trinajstić information content (AvgIpc) is 3.22. The van der Waals surface area contributed by atoms with Crippen molar-refractivity contribution in [2.24, 2.45) is 0 Å².